The fraction of sp³-hybridized carbons (Fsp3) is 0. The summed E-state index contributed by atoms with van der Waals surface area (Å²) >= 11 is 0. The van der Waals surface area contributed by atoms with Gasteiger partial charge in [-0.3, -0.25) is 9.97 Å². The van der Waals surface area contributed by atoms with Crippen molar-refractivity contribution in [3.8, 4) is 11.4 Å². The van der Waals surface area contributed by atoms with E-state index in [1.807, 2.05) is 60.7 Å². The molecule has 0 aliphatic heterocycles. The summed E-state index contributed by atoms with van der Waals surface area (Å²) in [5, 5.41) is 16.5. The van der Waals surface area contributed by atoms with Gasteiger partial charge in [-0.05, 0) is 42.5 Å². The van der Waals surface area contributed by atoms with E-state index >= 15 is 0 Å². The van der Waals surface area contributed by atoms with Crippen molar-refractivity contribution in [3.05, 3.63) is 103 Å². The third-order valence-corrected chi connectivity index (χ3v) is 5.43. The van der Waals surface area contributed by atoms with E-state index in [4.69, 9.17) is 6.57 Å². The molecule has 0 amide bonds. The molecule has 6 aromatic rings. The summed E-state index contributed by atoms with van der Waals surface area (Å²) in [5.41, 5.74) is 6.33. The Hall–Kier alpha value is -5.36. The van der Waals surface area contributed by atoms with Crippen LogP contribution in [0.2, 0.25) is 0 Å². The molecule has 4 heterocycles. The highest BCUT2D eigenvalue weighted by atomic mass is 15.4. The van der Waals surface area contributed by atoms with Gasteiger partial charge in [-0.15, -0.1) is 9.73 Å². The molecule has 6 rings (SSSR count). The molecule has 35 heavy (non-hydrogen) atoms. The van der Waals surface area contributed by atoms with Gasteiger partial charge in [-0.25, -0.2) is 9.83 Å². The molecular formula is C26H17N9. The van der Waals surface area contributed by atoms with Gasteiger partial charge in [0.25, 0.3) is 0 Å². The van der Waals surface area contributed by atoms with Gasteiger partial charge in [-0.2, -0.15) is 5.10 Å². The van der Waals surface area contributed by atoms with E-state index < -0.39 is 0 Å². The third-order valence-electron chi connectivity index (χ3n) is 5.43. The van der Waals surface area contributed by atoms with Crippen LogP contribution in [-0.2, 0) is 0 Å². The van der Waals surface area contributed by atoms with Crippen LogP contribution in [0.15, 0.2) is 91.5 Å². The molecule has 9 heteroatoms. The minimum absolute atomic E-state index is 0.567. The van der Waals surface area contributed by atoms with Crippen LogP contribution in [0.1, 0.15) is 0 Å². The first-order valence-electron chi connectivity index (χ1n) is 10.8. The number of aromatic nitrogens is 6. The Morgan fingerprint density at radius 3 is 2.63 bits per heavy atom. The number of rotatable bonds is 5. The SMILES string of the molecule is [C-]#[N+]c1ccc2nccc(Nc3cccc(-c4nc5cc(Nc6ccncc6)cnn5n4)c3)c2c1. The van der Waals surface area contributed by atoms with Crippen LogP contribution in [-0.4, -0.2) is 29.8 Å². The van der Waals surface area contributed by atoms with Crippen LogP contribution < -0.4 is 10.6 Å². The summed E-state index contributed by atoms with van der Waals surface area (Å²) in [4.78, 5) is 16.6. The molecular weight excluding hydrogens is 438 g/mol. The lowest BCUT2D eigenvalue weighted by Gasteiger charge is -2.10. The van der Waals surface area contributed by atoms with Crippen molar-refractivity contribution in [2.75, 3.05) is 10.6 Å². The van der Waals surface area contributed by atoms with Gasteiger partial charge in [0.1, 0.15) is 0 Å². The maximum atomic E-state index is 7.31. The number of nitrogens with one attached hydrogen (secondary N) is 2. The van der Waals surface area contributed by atoms with Crippen LogP contribution >= 0.6 is 0 Å². The first kappa shape index (κ1) is 20.3. The Morgan fingerprint density at radius 1 is 0.829 bits per heavy atom. The Kier molecular flexibility index (Phi) is 4.94. The second-order valence-corrected chi connectivity index (χ2v) is 7.77. The van der Waals surface area contributed by atoms with Crippen molar-refractivity contribution in [1.82, 2.24) is 29.8 Å². The fourth-order valence-corrected chi connectivity index (χ4v) is 3.78. The molecule has 0 saturated heterocycles. The number of benzene rings is 2. The first-order chi connectivity index (χ1) is 17.2. The van der Waals surface area contributed by atoms with Crippen LogP contribution in [0, 0.1) is 6.57 Å². The molecule has 166 valence electrons. The second-order valence-electron chi connectivity index (χ2n) is 7.77. The van der Waals surface area contributed by atoms with Crippen LogP contribution in [0.25, 0.3) is 32.8 Å². The predicted octanol–water partition coefficient (Wildman–Crippen LogP) is 5.77. The van der Waals surface area contributed by atoms with E-state index in [0.717, 1.165) is 39.2 Å². The lowest BCUT2D eigenvalue weighted by molar-refractivity contribution is 0.804. The summed E-state index contributed by atoms with van der Waals surface area (Å²) in [6, 6.07) is 20.9. The van der Waals surface area contributed by atoms with E-state index in [-0.39, 0.29) is 0 Å². The molecule has 0 unspecified atom stereocenters. The van der Waals surface area contributed by atoms with E-state index in [1.165, 1.54) is 4.63 Å². The Balaban J connectivity index is 1.30. The van der Waals surface area contributed by atoms with Crippen LogP contribution in [0.3, 0.4) is 0 Å². The van der Waals surface area contributed by atoms with Gasteiger partial charge in [-0.1, -0.05) is 18.2 Å². The van der Waals surface area contributed by atoms with E-state index in [2.05, 4.69) is 40.6 Å². The van der Waals surface area contributed by atoms with E-state index in [1.54, 1.807) is 30.9 Å². The predicted molar refractivity (Wildman–Crippen MR) is 135 cm³/mol. The minimum atomic E-state index is 0.567. The molecule has 0 spiro atoms. The van der Waals surface area contributed by atoms with Gasteiger partial charge < -0.3 is 10.6 Å². The number of pyridine rings is 2. The Bertz CT molecular complexity index is 1720. The second kappa shape index (κ2) is 8.53. The van der Waals surface area contributed by atoms with Crippen molar-refractivity contribution in [1.29, 1.82) is 0 Å². The highest BCUT2D eigenvalue weighted by Gasteiger charge is 2.10. The lowest BCUT2D eigenvalue weighted by Crippen LogP contribution is -1.97. The first-order valence-corrected chi connectivity index (χ1v) is 10.8. The molecule has 0 aliphatic rings. The Labute approximate surface area is 200 Å². The normalized spacial score (nSPS) is 10.8. The summed E-state index contributed by atoms with van der Waals surface area (Å²) in [6.07, 6.45) is 6.90. The van der Waals surface area contributed by atoms with Crippen molar-refractivity contribution < 1.29 is 0 Å². The lowest BCUT2D eigenvalue weighted by atomic mass is 10.1. The maximum Gasteiger partial charge on any atom is 0.188 e. The number of hydrogen-bond acceptors (Lipinski definition) is 7. The summed E-state index contributed by atoms with van der Waals surface area (Å²) in [5.74, 6) is 0.567. The number of anilines is 4. The molecule has 0 fully saturated rings. The summed E-state index contributed by atoms with van der Waals surface area (Å²) in [6.45, 7) is 7.31. The monoisotopic (exact) mass is 455 g/mol. The molecule has 4 aromatic heterocycles. The van der Waals surface area contributed by atoms with Gasteiger partial charge in [0, 0.05) is 52.7 Å². The molecule has 0 atom stereocenters. The van der Waals surface area contributed by atoms with Gasteiger partial charge in [0.15, 0.2) is 17.2 Å². The Morgan fingerprint density at radius 2 is 1.74 bits per heavy atom. The van der Waals surface area contributed by atoms with Gasteiger partial charge in [0.2, 0.25) is 0 Å². The van der Waals surface area contributed by atoms with E-state index in [9.17, 15) is 0 Å². The van der Waals surface area contributed by atoms with Crippen molar-refractivity contribution >= 4 is 45.0 Å². The number of nitrogens with zero attached hydrogens (tertiary/aromatic N) is 7. The average molecular weight is 455 g/mol. The fourth-order valence-electron chi connectivity index (χ4n) is 3.78. The van der Waals surface area contributed by atoms with Crippen LogP contribution in [0.5, 0.6) is 0 Å². The van der Waals surface area contributed by atoms with Crippen molar-refractivity contribution in [3.63, 3.8) is 0 Å². The van der Waals surface area contributed by atoms with Gasteiger partial charge >= 0.3 is 0 Å². The average Bonchev–Trinajstić information content (AvgIpc) is 3.33. The molecule has 9 nitrogen and oxygen atoms in total. The molecule has 2 aromatic carbocycles. The molecule has 0 radical (unpaired) electrons. The quantitative estimate of drug-likeness (QED) is 0.318. The zero-order chi connectivity index (χ0) is 23.6. The molecule has 0 saturated carbocycles. The summed E-state index contributed by atoms with van der Waals surface area (Å²) < 4.78 is 1.51. The number of fused-ring (bicyclic) bond motifs is 2. The highest BCUT2D eigenvalue weighted by Crippen LogP contribution is 2.30. The zero-order valence-corrected chi connectivity index (χ0v) is 18.3. The molecule has 0 bridgehead atoms. The number of hydrogen-bond donors (Lipinski definition) is 2. The molecule has 2 N–H and O–H groups in total. The molecule has 0 aliphatic carbocycles. The third kappa shape index (κ3) is 4.07. The maximum absolute atomic E-state index is 7.31. The smallest absolute Gasteiger partial charge is 0.188 e. The van der Waals surface area contributed by atoms with Crippen molar-refractivity contribution in [2.24, 2.45) is 0 Å². The van der Waals surface area contributed by atoms with Crippen molar-refractivity contribution in [2.45, 2.75) is 0 Å². The van der Waals surface area contributed by atoms with Crippen LogP contribution in [0.4, 0.5) is 28.4 Å². The highest BCUT2D eigenvalue weighted by molar-refractivity contribution is 5.95. The standard InChI is InChI=1S/C26H17N9/c1-27-19-5-6-23-22(14-19)24(9-12-29-23)32-20-4-2-3-17(13-20)26-33-25-15-21(16-30-35(25)34-26)31-18-7-10-28-11-8-18/h2-16H,(H,28,31)(H,29,32). The van der Waals surface area contributed by atoms with Gasteiger partial charge in [0.05, 0.1) is 24.0 Å². The minimum Gasteiger partial charge on any atom is -0.355 e. The zero-order valence-electron chi connectivity index (χ0n) is 18.3. The van der Waals surface area contributed by atoms with E-state index in [0.29, 0.717) is 17.2 Å². The summed E-state index contributed by atoms with van der Waals surface area (Å²) in [7, 11) is 0. The topological polar surface area (TPSA) is 97.3 Å². The largest absolute Gasteiger partial charge is 0.355 e.